The van der Waals surface area contributed by atoms with Crippen LogP contribution in [0.15, 0.2) is 6.20 Å². The van der Waals surface area contributed by atoms with Gasteiger partial charge in [-0.05, 0) is 11.6 Å². The Bertz CT molecular complexity index is 666. The fourth-order valence-corrected chi connectivity index (χ4v) is 3.44. The Morgan fingerprint density at radius 3 is 2.65 bits per heavy atom. The lowest BCUT2D eigenvalue weighted by Gasteiger charge is -2.29. The van der Waals surface area contributed by atoms with E-state index in [4.69, 9.17) is 23.2 Å². The molecule has 2 aromatic heterocycles. The fraction of sp³-hybridized carbons (Fsp3) is 0.364. The molecule has 9 heteroatoms. The Kier molecular flexibility index (Phi) is 3.85. The summed E-state index contributed by atoms with van der Waals surface area (Å²) in [5.41, 5.74) is 0.0479. The molecule has 0 aromatic carbocycles. The van der Waals surface area contributed by atoms with Crippen LogP contribution in [0.25, 0.3) is 10.9 Å². The van der Waals surface area contributed by atoms with Gasteiger partial charge < -0.3 is 9.45 Å². The first kappa shape index (κ1) is 14.1. The minimum Gasteiger partial charge on any atom is -0.616 e. The second-order valence-corrected chi connectivity index (χ2v) is 6.67. The number of hydrogen-bond acceptors (Lipinski definition) is 5. The van der Waals surface area contributed by atoms with Gasteiger partial charge in [0.2, 0.25) is 5.28 Å². The van der Waals surface area contributed by atoms with Crippen molar-refractivity contribution in [3.8, 4) is 0 Å². The lowest BCUT2D eigenvalue weighted by Crippen LogP contribution is -2.40. The topological polar surface area (TPSA) is 65.0 Å². The molecule has 3 rings (SSSR count). The third-order valence-corrected chi connectivity index (χ3v) is 4.78. The first-order valence-electron chi connectivity index (χ1n) is 5.83. The molecule has 2 aromatic rings. The summed E-state index contributed by atoms with van der Waals surface area (Å²) in [5.74, 6) is 0.884. The quantitative estimate of drug-likeness (QED) is 0.453. The van der Waals surface area contributed by atoms with E-state index in [1.54, 1.807) is 0 Å². The maximum atomic E-state index is 14.0. The van der Waals surface area contributed by atoms with Gasteiger partial charge in [-0.2, -0.15) is 4.98 Å². The van der Waals surface area contributed by atoms with Gasteiger partial charge in [0, 0.05) is 6.20 Å². The number of pyridine rings is 1. The minimum atomic E-state index is -0.811. The smallest absolute Gasteiger partial charge is 0.225 e. The van der Waals surface area contributed by atoms with Crippen molar-refractivity contribution in [3.05, 3.63) is 22.5 Å². The van der Waals surface area contributed by atoms with Crippen LogP contribution in [0.2, 0.25) is 10.4 Å². The maximum Gasteiger partial charge on any atom is 0.225 e. The molecular weight excluding hydrogens is 326 g/mol. The number of hydrogen-bond donors (Lipinski definition) is 0. The van der Waals surface area contributed by atoms with Gasteiger partial charge in [0.1, 0.15) is 22.8 Å². The highest BCUT2D eigenvalue weighted by molar-refractivity contribution is 7.91. The molecule has 1 aliphatic heterocycles. The molecule has 1 aliphatic rings. The number of rotatable bonds is 1. The lowest BCUT2D eigenvalue weighted by atomic mass is 10.2. The second kappa shape index (κ2) is 5.48. The molecule has 0 spiro atoms. The summed E-state index contributed by atoms with van der Waals surface area (Å²) in [4.78, 5) is 13.7. The van der Waals surface area contributed by atoms with E-state index >= 15 is 0 Å². The molecule has 0 saturated carbocycles. The molecule has 106 valence electrons. The minimum absolute atomic E-state index is 0.0479. The van der Waals surface area contributed by atoms with Crippen molar-refractivity contribution in [2.24, 2.45) is 0 Å². The van der Waals surface area contributed by atoms with Gasteiger partial charge in [0.25, 0.3) is 0 Å². The second-order valence-electron chi connectivity index (χ2n) is 4.28. The Balaban J connectivity index is 2.13. The number of aromatic nitrogens is 3. The normalized spacial score (nSPS) is 16.9. The standard InChI is InChI=1S/C11H9Cl2FN4OS/c12-9-7(14)8-6(5-15-9)10(17-11(13)16-8)18-1-3-20(19)4-2-18/h5H,1-4H2. The average molecular weight is 335 g/mol. The van der Waals surface area contributed by atoms with Crippen molar-refractivity contribution in [2.45, 2.75) is 0 Å². The van der Waals surface area contributed by atoms with Gasteiger partial charge in [0.05, 0.1) is 18.5 Å². The van der Waals surface area contributed by atoms with E-state index in [9.17, 15) is 8.94 Å². The lowest BCUT2D eigenvalue weighted by molar-refractivity contribution is 0.585. The average Bonchev–Trinajstić information content (AvgIpc) is 2.43. The Morgan fingerprint density at radius 1 is 1.25 bits per heavy atom. The van der Waals surface area contributed by atoms with Crippen LogP contribution < -0.4 is 4.90 Å². The van der Waals surface area contributed by atoms with Crippen molar-refractivity contribution in [3.63, 3.8) is 0 Å². The third-order valence-electron chi connectivity index (χ3n) is 3.07. The van der Waals surface area contributed by atoms with Crippen molar-refractivity contribution in [1.82, 2.24) is 15.0 Å². The fourth-order valence-electron chi connectivity index (χ4n) is 2.08. The zero-order valence-corrected chi connectivity index (χ0v) is 12.5. The van der Waals surface area contributed by atoms with Gasteiger partial charge >= 0.3 is 0 Å². The SMILES string of the molecule is [O-][S+]1CCN(c2nc(Cl)nc3c(F)c(Cl)ncc23)CC1. The number of anilines is 1. The summed E-state index contributed by atoms with van der Waals surface area (Å²) < 4.78 is 25.4. The van der Waals surface area contributed by atoms with Crippen LogP contribution in [0, 0.1) is 5.82 Å². The highest BCUT2D eigenvalue weighted by atomic mass is 35.5. The third kappa shape index (κ3) is 2.50. The molecule has 3 heterocycles. The summed E-state index contributed by atoms with van der Waals surface area (Å²) in [5, 5.41) is 0.141. The summed E-state index contributed by atoms with van der Waals surface area (Å²) >= 11 is 10.7. The van der Waals surface area contributed by atoms with Crippen LogP contribution in [-0.2, 0) is 11.2 Å². The first-order chi connectivity index (χ1) is 9.56. The van der Waals surface area contributed by atoms with E-state index in [1.165, 1.54) is 6.20 Å². The van der Waals surface area contributed by atoms with Crippen LogP contribution in [-0.4, -0.2) is 44.1 Å². The molecule has 0 atom stereocenters. The summed E-state index contributed by atoms with van der Waals surface area (Å²) in [6.45, 7) is 1.14. The van der Waals surface area contributed by atoms with Crippen molar-refractivity contribution in [1.29, 1.82) is 0 Å². The number of fused-ring (bicyclic) bond motifs is 1. The molecule has 0 radical (unpaired) electrons. The Labute approximate surface area is 127 Å². The molecule has 0 bridgehead atoms. The molecular formula is C11H9Cl2FN4OS. The summed E-state index contributed by atoms with van der Waals surface area (Å²) in [7, 11) is 0. The maximum absolute atomic E-state index is 14.0. The largest absolute Gasteiger partial charge is 0.616 e. The van der Waals surface area contributed by atoms with Crippen LogP contribution in [0.5, 0.6) is 0 Å². The Hall–Kier alpha value is -0.890. The van der Waals surface area contributed by atoms with Crippen LogP contribution in [0.3, 0.4) is 0 Å². The van der Waals surface area contributed by atoms with Crippen molar-refractivity contribution >= 4 is 51.1 Å². The van der Waals surface area contributed by atoms with E-state index in [2.05, 4.69) is 15.0 Å². The van der Waals surface area contributed by atoms with Gasteiger partial charge in [0.15, 0.2) is 11.0 Å². The molecule has 1 saturated heterocycles. The van der Waals surface area contributed by atoms with E-state index in [0.29, 0.717) is 35.8 Å². The molecule has 0 aliphatic carbocycles. The van der Waals surface area contributed by atoms with Crippen molar-refractivity contribution in [2.75, 3.05) is 29.5 Å². The summed E-state index contributed by atoms with van der Waals surface area (Å²) in [6.07, 6.45) is 1.43. The predicted octanol–water partition coefficient (Wildman–Crippen LogP) is 2.04. The van der Waals surface area contributed by atoms with Crippen LogP contribution in [0.4, 0.5) is 10.2 Å². The number of nitrogens with zero attached hydrogens (tertiary/aromatic N) is 4. The van der Waals surface area contributed by atoms with Gasteiger partial charge in [-0.25, -0.2) is 14.4 Å². The Morgan fingerprint density at radius 2 is 1.95 bits per heavy atom. The van der Waals surface area contributed by atoms with Crippen LogP contribution >= 0.6 is 23.2 Å². The van der Waals surface area contributed by atoms with Gasteiger partial charge in [-0.1, -0.05) is 22.8 Å². The van der Waals surface area contributed by atoms with Crippen molar-refractivity contribution < 1.29 is 8.94 Å². The highest BCUT2D eigenvalue weighted by Gasteiger charge is 2.24. The van der Waals surface area contributed by atoms with E-state index in [0.717, 1.165) is 0 Å². The van der Waals surface area contributed by atoms with E-state index in [-0.39, 0.29) is 16.0 Å². The molecule has 20 heavy (non-hydrogen) atoms. The predicted molar refractivity (Wildman–Crippen MR) is 77.4 cm³/mol. The number of halogens is 3. The molecule has 0 unspecified atom stereocenters. The monoisotopic (exact) mass is 334 g/mol. The molecule has 5 nitrogen and oxygen atoms in total. The highest BCUT2D eigenvalue weighted by Crippen LogP contribution is 2.29. The molecule has 1 fully saturated rings. The van der Waals surface area contributed by atoms with Gasteiger partial charge in [-0.3, -0.25) is 0 Å². The van der Waals surface area contributed by atoms with E-state index in [1.807, 2.05) is 4.90 Å². The molecule has 0 N–H and O–H groups in total. The summed E-state index contributed by atoms with van der Waals surface area (Å²) in [6, 6.07) is 0. The van der Waals surface area contributed by atoms with Gasteiger partial charge in [-0.15, -0.1) is 0 Å². The first-order valence-corrected chi connectivity index (χ1v) is 8.08. The zero-order chi connectivity index (χ0) is 14.3. The zero-order valence-electron chi connectivity index (χ0n) is 10.1. The molecule has 0 amide bonds. The van der Waals surface area contributed by atoms with E-state index < -0.39 is 17.0 Å². The van der Waals surface area contributed by atoms with Crippen LogP contribution in [0.1, 0.15) is 0 Å².